The molecule has 4 nitrogen and oxygen atoms in total. The first-order chi connectivity index (χ1) is 25.7. The molecule has 0 atom stereocenters. The van der Waals surface area contributed by atoms with E-state index in [9.17, 15) is 0 Å². The lowest BCUT2D eigenvalue weighted by molar-refractivity contribution is 0.391. The summed E-state index contributed by atoms with van der Waals surface area (Å²) in [5.41, 5.74) is 11.8. The van der Waals surface area contributed by atoms with E-state index >= 15 is 0 Å². The molecule has 0 saturated heterocycles. The maximum absolute atomic E-state index is 6.02. The number of imidazole rings is 1. The number of fused-ring (bicyclic) bond motifs is 8. The first-order valence-electron chi connectivity index (χ1n) is 18.6. The fraction of sp³-hybridized carbons (Fsp3) is 0.146. The summed E-state index contributed by atoms with van der Waals surface area (Å²) in [6, 6.07) is 53.2. The molecule has 4 heterocycles. The van der Waals surface area contributed by atoms with E-state index in [-0.39, 0.29) is 0 Å². The third-order valence-electron chi connectivity index (χ3n) is 11.5. The molecule has 0 fully saturated rings. The van der Waals surface area contributed by atoms with Gasteiger partial charge in [0.2, 0.25) is 0 Å². The molecule has 1 spiro atoms. The van der Waals surface area contributed by atoms with Gasteiger partial charge in [-0.25, -0.2) is 15.0 Å². The third kappa shape index (κ3) is 4.37. The molecule has 3 aliphatic heterocycles. The Morgan fingerprint density at radius 3 is 1.69 bits per heavy atom. The van der Waals surface area contributed by atoms with Crippen molar-refractivity contribution in [3.05, 3.63) is 184 Å². The largest absolute Gasteiger partial charge is 0.275 e. The maximum Gasteiger partial charge on any atom is 0.261 e. The predicted molar refractivity (Wildman–Crippen MR) is 210 cm³/mol. The third-order valence-corrected chi connectivity index (χ3v) is 11.5. The van der Waals surface area contributed by atoms with E-state index in [0.717, 1.165) is 93.9 Å². The van der Waals surface area contributed by atoms with Crippen LogP contribution in [-0.2, 0) is 31.5 Å². The van der Waals surface area contributed by atoms with E-state index in [1.54, 1.807) is 0 Å². The standard InChI is InChI=1S/C48H36N4/c1-3-15-35(16-4-1)43-46(36-17-5-2-6-18-36)52-47(49-43)41-29-31-13-11-14-32-26-28-34(20-12-19-33(41)27-25-31)42(30-32)48(52)50-44-39-23-9-7-21-37(39)38-22-8-10-24-40(38)45(44)51-48/h1-10,15-18,21-30H,11-14,19-20H2. The van der Waals surface area contributed by atoms with Gasteiger partial charge in [-0.3, -0.25) is 4.57 Å². The molecule has 0 unspecified atom stereocenters. The van der Waals surface area contributed by atoms with Gasteiger partial charge in [0.05, 0.1) is 22.1 Å². The summed E-state index contributed by atoms with van der Waals surface area (Å²) < 4.78 is 2.44. The summed E-state index contributed by atoms with van der Waals surface area (Å²) in [6.07, 6.45) is 6.04. The van der Waals surface area contributed by atoms with Crippen LogP contribution in [0.25, 0.3) is 55.4 Å². The van der Waals surface area contributed by atoms with Crippen molar-refractivity contribution in [2.24, 2.45) is 9.98 Å². The van der Waals surface area contributed by atoms with Crippen LogP contribution in [0.5, 0.6) is 0 Å². The monoisotopic (exact) mass is 668 g/mol. The zero-order chi connectivity index (χ0) is 34.2. The fourth-order valence-electron chi connectivity index (χ4n) is 9.05. The summed E-state index contributed by atoms with van der Waals surface area (Å²) in [7, 11) is 0. The van der Waals surface area contributed by atoms with Crippen molar-refractivity contribution < 1.29 is 0 Å². The van der Waals surface area contributed by atoms with Gasteiger partial charge in [0.25, 0.3) is 5.79 Å². The Morgan fingerprint density at radius 1 is 0.481 bits per heavy atom. The fourth-order valence-corrected chi connectivity index (χ4v) is 9.05. The van der Waals surface area contributed by atoms with Gasteiger partial charge in [-0.2, -0.15) is 0 Å². The number of aryl methyl sites for hydroxylation is 4. The Morgan fingerprint density at radius 2 is 1.02 bits per heavy atom. The predicted octanol–water partition coefficient (Wildman–Crippen LogP) is 9.78. The van der Waals surface area contributed by atoms with Crippen LogP contribution < -0.4 is 10.7 Å². The number of benzene rings is 7. The average Bonchev–Trinajstić information content (AvgIpc) is 3.81. The van der Waals surface area contributed by atoms with Crippen LogP contribution in [0.15, 0.2) is 156 Å². The first-order valence-corrected chi connectivity index (χ1v) is 18.6. The second kappa shape index (κ2) is 11.4. The molecule has 1 aromatic heterocycles. The summed E-state index contributed by atoms with van der Waals surface area (Å²) in [4.78, 5) is 17.8. The molecule has 248 valence electrons. The minimum absolute atomic E-state index is 0.919. The number of nitrogens with zero attached hydrogens (tertiary/aromatic N) is 4. The Kier molecular flexibility index (Phi) is 6.51. The van der Waals surface area contributed by atoms with Crippen LogP contribution in [-0.4, -0.2) is 9.55 Å². The Bertz CT molecular complexity index is 2780. The summed E-state index contributed by atoms with van der Waals surface area (Å²) in [6.45, 7) is 0. The lowest BCUT2D eigenvalue weighted by atomic mass is 9.88. The lowest BCUT2D eigenvalue weighted by Crippen LogP contribution is -2.34. The van der Waals surface area contributed by atoms with Crippen molar-refractivity contribution in [1.29, 1.82) is 0 Å². The number of rotatable bonds is 2. The van der Waals surface area contributed by atoms with E-state index in [0.29, 0.717) is 0 Å². The van der Waals surface area contributed by atoms with Crippen LogP contribution in [0.1, 0.15) is 40.7 Å². The average molecular weight is 669 g/mol. The highest BCUT2D eigenvalue weighted by Crippen LogP contribution is 2.47. The Balaban J connectivity index is 1.41. The number of aromatic nitrogens is 2. The van der Waals surface area contributed by atoms with Crippen molar-refractivity contribution in [1.82, 2.24) is 9.55 Å². The molecule has 0 amide bonds. The second-order valence-electron chi connectivity index (χ2n) is 14.5. The molecule has 52 heavy (non-hydrogen) atoms. The molecule has 3 aliphatic rings. The molecule has 7 aromatic carbocycles. The van der Waals surface area contributed by atoms with Gasteiger partial charge in [0.1, 0.15) is 5.82 Å². The maximum atomic E-state index is 6.02. The minimum Gasteiger partial charge on any atom is -0.275 e. The van der Waals surface area contributed by atoms with Crippen LogP contribution in [0.2, 0.25) is 0 Å². The van der Waals surface area contributed by atoms with E-state index in [2.05, 4.69) is 150 Å². The SMILES string of the molecule is c1ccc(-c2nc3n(c2-c2ccccc2)C2(N=c4c(c5ccccc5c5ccccc45)=N2)c2cc4ccc2CCCc2ccc(cc2-3)CCC4)cc1. The molecule has 0 saturated carbocycles. The van der Waals surface area contributed by atoms with Gasteiger partial charge in [0, 0.05) is 33.0 Å². The normalized spacial score (nSPS) is 15.3. The smallest absolute Gasteiger partial charge is 0.261 e. The van der Waals surface area contributed by atoms with E-state index in [1.165, 1.54) is 38.6 Å². The quantitative estimate of drug-likeness (QED) is 0.169. The molecule has 4 bridgehead atoms. The minimum atomic E-state index is -1.15. The van der Waals surface area contributed by atoms with Crippen molar-refractivity contribution in [2.75, 3.05) is 0 Å². The summed E-state index contributed by atoms with van der Waals surface area (Å²) in [5.74, 6) is -0.229. The topological polar surface area (TPSA) is 42.5 Å². The van der Waals surface area contributed by atoms with Crippen LogP contribution in [0.4, 0.5) is 0 Å². The van der Waals surface area contributed by atoms with Gasteiger partial charge in [-0.05, 0) is 83.7 Å². The Labute approximate surface area is 302 Å². The number of hydrogen-bond donors (Lipinski definition) is 0. The van der Waals surface area contributed by atoms with Crippen molar-refractivity contribution in [3.8, 4) is 33.9 Å². The van der Waals surface area contributed by atoms with Crippen molar-refractivity contribution in [2.45, 2.75) is 44.3 Å². The molecule has 0 aliphatic carbocycles. The zero-order valence-electron chi connectivity index (χ0n) is 28.9. The highest BCUT2D eigenvalue weighted by Gasteiger charge is 2.44. The molecule has 4 heteroatoms. The van der Waals surface area contributed by atoms with Gasteiger partial charge in [-0.15, -0.1) is 0 Å². The van der Waals surface area contributed by atoms with Crippen molar-refractivity contribution in [3.63, 3.8) is 0 Å². The van der Waals surface area contributed by atoms with E-state index in [1.807, 2.05) is 0 Å². The number of hydrogen-bond acceptors (Lipinski definition) is 3. The molecule has 0 radical (unpaired) electrons. The second-order valence-corrected chi connectivity index (χ2v) is 14.5. The van der Waals surface area contributed by atoms with Gasteiger partial charge < -0.3 is 0 Å². The zero-order valence-corrected chi connectivity index (χ0v) is 28.9. The van der Waals surface area contributed by atoms with Gasteiger partial charge >= 0.3 is 0 Å². The Hall–Kier alpha value is -6.13. The summed E-state index contributed by atoms with van der Waals surface area (Å²) >= 11 is 0. The van der Waals surface area contributed by atoms with Crippen LogP contribution in [0.3, 0.4) is 0 Å². The molecular weight excluding hydrogens is 633 g/mol. The van der Waals surface area contributed by atoms with Crippen molar-refractivity contribution >= 4 is 21.5 Å². The molecule has 8 aromatic rings. The molecular formula is C48H36N4. The molecule has 11 rings (SSSR count). The highest BCUT2D eigenvalue weighted by molar-refractivity contribution is 6.07. The highest BCUT2D eigenvalue weighted by atomic mass is 15.4. The van der Waals surface area contributed by atoms with Gasteiger partial charge in [-0.1, -0.05) is 133 Å². The van der Waals surface area contributed by atoms with E-state index < -0.39 is 5.79 Å². The van der Waals surface area contributed by atoms with E-state index in [4.69, 9.17) is 15.0 Å². The van der Waals surface area contributed by atoms with Crippen LogP contribution in [0, 0.1) is 0 Å². The molecule has 0 N–H and O–H groups in total. The summed E-state index contributed by atoms with van der Waals surface area (Å²) in [5, 5.41) is 6.55. The lowest BCUT2D eigenvalue weighted by Gasteiger charge is -2.33. The first kappa shape index (κ1) is 29.6. The van der Waals surface area contributed by atoms with Gasteiger partial charge in [0.15, 0.2) is 0 Å². The van der Waals surface area contributed by atoms with Crippen LogP contribution >= 0.6 is 0 Å².